The lowest BCUT2D eigenvalue weighted by Crippen LogP contribution is -2.05. The van der Waals surface area contributed by atoms with E-state index in [1.165, 1.54) is 7.11 Å². The molecule has 0 saturated carbocycles. The number of benzene rings is 2. The second-order valence-corrected chi connectivity index (χ2v) is 5.20. The van der Waals surface area contributed by atoms with Gasteiger partial charge >= 0.3 is 0 Å². The number of hydrogen-bond donors (Lipinski definition) is 0. The molecule has 0 aliphatic rings. The SMILES string of the molecule is C=N/C(=N\OCOC)c1cc(OC)c(OCc2ccccc2)cc1C. The largest absolute Gasteiger partial charge is 0.493 e. The van der Waals surface area contributed by atoms with E-state index in [0.717, 1.165) is 16.7 Å². The number of methoxy groups -OCH3 is 2. The first-order valence-corrected chi connectivity index (χ1v) is 7.71. The number of oxime groups is 1. The summed E-state index contributed by atoms with van der Waals surface area (Å²) in [6, 6.07) is 13.6. The van der Waals surface area contributed by atoms with Crippen LogP contribution in [-0.4, -0.2) is 33.6 Å². The minimum absolute atomic E-state index is 0.0352. The fraction of sp³-hybridized carbons (Fsp3) is 0.263. The quantitative estimate of drug-likeness (QED) is 0.242. The third-order valence-corrected chi connectivity index (χ3v) is 3.46. The summed E-state index contributed by atoms with van der Waals surface area (Å²) in [7, 11) is 3.10. The van der Waals surface area contributed by atoms with E-state index in [1.807, 2.05) is 43.3 Å². The lowest BCUT2D eigenvalue weighted by Gasteiger charge is -2.14. The lowest BCUT2D eigenvalue weighted by atomic mass is 10.1. The van der Waals surface area contributed by atoms with Gasteiger partial charge in [0.05, 0.1) is 7.11 Å². The van der Waals surface area contributed by atoms with Crippen LogP contribution in [0, 0.1) is 6.92 Å². The molecule has 0 aliphatic carbocycles. The zero-order chi connectivity index (χ0) is 18.1. The Balaban J connectivity index is 2.24. The molecule has 0 fully saturated rings. The second-order valence-electron chi connectivity index (χ2n) is 5.20. The number of rotatable bonds is 8. The summed E-state index contributed by atoms with van der Waals surface area (Å²) in [4.78, 5) is 8.93. The Hall–Kier alpha value is -2.86. The molecule has 2 rings (SSSR count). The number of aliphatic imine (C=N–C) groups is 1. The minimum Gasteiger partial charge on any atom is -0.493 e. The maximum atomic E-state index is 5.90. The van der Waals surface area contributed by atoms with Gasteiger partial charge in [0.25, 0.3) is 0 Å². The van der Waals surface area contributed by atoms with E-state index < -0.39 is 0 Å². The van der Waals surface area contributed by atoms with Crippen LogP contribution in [0.3, 0.4) is 0 Å². The highest BCUT2D eigenvalue weighted by Gasteiger charge is 2.14. The highest BCUT2D eigenvalue weighted by Crippen LogP contribution is 2.31. The summed E-state index contributed by atoms with van der Waals surface area (Å²) in [5.41, 5.74) is 2.74. The standard InChI is InChI=1S/C19H22N2O4/c1-14-10-18(24-12-15-8-6-5-7-9-15)17(23-4)11-16(14)19(20-2)21-25-13-22-3/h5-11H,2,12-13H2,1,3-4H3/b21-19-. The lowest BCUT2D eigenvalue weighted by molar-refractivity contribution is -0.0282. The van der Waals surface area contributed by atoms with E-state index in [9.17, 15) is 0 Å². The predicted molar refractivity (Wildman–Crippen MR) is 97.6 cm³/mol. The molecule has 0 N–H and O–H groups in total. The fourth-order valence-corrected chi connectivity index (χ4v) is 2.21. The maximum Gasteiger partial charge on any atom is 0.216 e. The molecule has 0 aromatic heterocycles. The Labute approximate surface area is 147 Å². The Morgan fingerprint density at radius 2 is 1.84 bits per heavy atom. The molecule has 6 nitrogen and oxygen atoms in total. The molecular weight excluding hydrogens is 320 g/mol. The number of ether oxygens (including phenoxy) is 3. The van der Waals surface area contributed by atoms with Crippen LogP contribution in [0.15, 0.2) is 52.6 Å². The number of aryl methyl sites for hydroxylation is 1. The first kappa shape index (κ1) is 18.5. The highest BCUT2D eigenvalue weighted by molar-refractivity contribution is 6.02. The number of nitrogens with zero attached hydrogens (tertiary/aromatic N) is 2. The van der Waals surface area contributed by atoms with Crippen molar-refractivity contribution in [2.24, 2.45) is 10.1 Å². The average molecular weight is 342 g/mol. The van der Waals surface area contributed by atoms with Crippen LogP contribution in [0.1, 0.15) is 16.7 Å². The topological polar surface area (TPSA) is 61.6 Å². The van der Waals surface area contributed by atoms with Gasteiger partial charge in [0.15, 0.2) is 17.3 Å². The predicted octanol–water partition coefficient (Wildman–Crippen LogP) is 3.57. The van der Waals surface area contributed by atoms with Crippen molar-refractivity contribution in [1.29, 1.82) is 0 Å². The van der Waals surface area contributed by atoms with E-state index in [2.05, 4.69) is 16.9 Å². The molecule has 132 valence electrons. The van der Waals surface area contributed by atoms with Crippen LogP contribution in [0.5, 0.6) is 11.5 Å². The van der Waals surface area contributed by atoms with Gasteiger partial charge < -0.3 is 19.0 Å². The number of hydrogen-bond acceptors (Lipinski definition) is 5. The van der Waals surface area contributed by atoms with E-state index in [0.29, 0.717) is 23.9 Å². The van der Waals surface area contributed by atoms with Gasteiger partial charge in [-0.25, -0.2) is 4.99 Å². The van der Waals surface area contributed by atoms with Crippen molar-refractivity contribution in [1.82, 2.24) is 0 Å². The zero-order valence-corrected chi connectivity index (χ0v) is 14.7. The maximum absolute atomic E-state index is 5.90. The second kappa shape index (κ2) is 9.44. The molecule has 0 heterocycles. The summed E-state index contributed by atoms with van der Waals surface area (Å²) >= 11 is 0. The molecule has 0 saturated heterocycles. The minimum atomic E-state index is 0.0352. The van der Waals surface area contributed by atoms with Crippen LogP contribution in [0.2, 0.25) is 0 Å². The van der Waals surface area contributed by atoms with Crippen LogP contribution in [0.4, 0.5) is 0 Å². The summed E-state index contributed by atoms with van der Waals surface area (Å²) in [6.07, 6.45) is 0. The molecule has 0 radical (unpaired) electrons. The Kier molecular flexibility index (Phi) is 6.98. The number of amidine groups is 1. The van der Waals surface area contributed by atoms with Crippen LogP contribution in [0.25, 0.3) is 0 Å². The first-order chi connectivity index (χ1) is 12.2. The van der Waals surface area contributed by atoms with E-state index in [1.54, 1.807) is 13.2 Å². The Bertz CT molecular complexity index is 730. The smallest absolute Gasteiger partial charge is 0.216 e. The highest BCUT2D eigenvalue weighted by atomic mass is 16.7. The first-order valence-electron chi connectivity index (χ1n) is 7.71. The third kappa shape index (κ3) is 5.06. The fourth-order valence-electron chi connectivity index (χ4n) is 2.21. The molecule has 0 bridgehead atoms. The summed E-state index contributed by atoms with van der Waals surface area (Å²) < 4.78 is 16.1. The van der Waals surface area contributed by atoms with Gasteiger partial charge in [-0.3, -0.25) is 0 Å². The van der Waals surface area contributed by atoms with Crippen molar-refractivity contribution >= 4 is 12.6 Å². The molecule has 0 aliphatic heterocycles. The van der Waals surface area contributed by atoms with Crippen molar-refractivity contribution in [2.75, 3.05) is 21.0 Å². The molecule has 0 spiro atoms. The molecular formula is C19H22N2O4. The van der Waals surface area contributed by atoms with Crippen molar-refractivity contribution in [3.63, 3.8) is 0 Å². The summed E-state index contributed by atoms with van der Waals surface area (Å²) in [6.45, 7) is 5.96. The summed E-state index contributed by atoms with van der Waals surface area (Å²) in [5.74, 6) is 1.58. The van der Waals surface area contributed by atoms with E-state index >= 15 is 0 Å². The molecule has 0 unspecified atom stereocenters. The monoisotopic (exact) mass is 342 g/mol. The van der Waals surface area contributed by atoms with Gasteiger partial charge in [0.2, 0.25) is 6.79 Å². The third-order valence-electron chi connectivity index (χ3n) is 3.46. The van der Waals surface area contributed by atoms with E-state index in [-0.39, 0.29) is 6.79 Å². The zero-order valence-electron chi connectivity index (χ0n) is 14.7. The molecule has 25 heavy (non-hydrogen) atoms. The van der Waals surface area contributed by atoms with Gasteiger partial charge in [0.1, 0.15) is 6.61 Å². The normalized spacial score (nSPS) is 11.1. The molecule has 2 aromatic carbocycles. The molecule has 2 aromatic rings. The van der Waals surface area contributed by atoms with Crippen LogP contribution in [-0.2, 0) is 16.2 Å². The Morgan fingerprint density at radius 3 is 2.48 bits per heavy atom. The van der Waals surface area contributed by atoms with Crippen molar-refractivity contribution in [3.05, 3.63) is 59.2 Å². The van der Waals surface area contributed by atoms with Gasteiger partial charge in [0, 0.05) is 12.7 Å². The average Bonchev–Trinajstić information content (AvgIpc) is 2.65. The van der Waals surface area contributed by atoms with Crippen molar-refractivity contribution < 1.29 is 19.0 Å². The van der Waals surface area contributed by atoms with Crippen molar-refractivity contribution in [3.8, 4) is 11.5 Å². The molecule has 0 atom stereocenters. The van der Waals surface area contributed by atoms with Gasteiger partial charge in [-0.15, -0.1) is 0 Å². The Morgan fingerprint density at radius 1 is 1.08 bits per heavy atom. The summed E-state index contributed by atoms with van der Waals surface area (Å²) in [5, 5.41) is 3.93. The van der Waals surface area contributed by atoms with Gasteiger partial charge in [-0.2, -0.15) is 0 Å². The van der Waals surface area contributed by atoms with Crippen molar-refractivity contribution in [2.45, 2.75) is 13.5 Å². The molecule has 6 heteroatoms. The van der Waals surface area contributed by atoms with Gasteiger partial charge in [-0.05, 0) is 36.9 Å². The van der Waals surface area contributed by atoms with Gasteiger partial charge in [-0.1, -0.05) is 35.5 Å². The van der Waals surface area contributed by atoms with Crippen LogP contribution < -0.4 is 9.47 Å². The van der Waals surface area contributed by atoms with Crippen LogP contribution >= 0.6 is 0 Å². The molecule has 0 amide bonds. The van der Waals surface area contributed by atoms with E-state index in [4.69, 9.17) is 19.0 Å².